The first-order valence-electron chi connectivity index (χ1n) is 8.59. The fourth-order valence-corrected chi connectivity index (χ4v) is 4.05. The Hall–Kier alpha value is -1.44. The maximum Gasteiger partial charge on any atom is 0.185 e. The molecule has 0 radical (unpaired) electrons. The SMILES string of the molecule is Cc1cc(C)n(CCCN(C)Cc2cnc(N3CCOCC3)s2)n1. The molecule has 132 valence electrons. The van der Waals surface area contributed by atoms with Gasteiger partial charge in [-0.15, -0.1) is 11.3 Å². The summed E-state index contributed by atoms with van der Waals surface area (Å²) in [5.74, 6) is 0. The van der Waals surface area contributed by atoms with Crippen LogP contribution >= 0.6 is 11.3 Å². The number of thiazole rings is 1. The van der Waals surface area contributed by atoms with Crippen LogP contribution in [0.2, 0.25) is 0 Å². The smallest absolute Gasteiger partial charge is 0.185 e. The lowest BCUT2D eigenvalue weighted by Crippen LogP contribution is -2.36. The molecule has 0 amide bonds. The molecule has 24 heavy (non-hydrogen) atoms. The van der Waals surface area contributed by atoms with Crippen LogP contribution in [0.3, 0.4) is 0 Å². The van der Waals surface area contributed by atoms with E-state index >= 15 is 0 Å². The Morgan fingerprint density at radius 2 is 2.08 bits per heavy atom. The minimum absolute atomic E-state index is 0.807. The van der Waals surface area contributed by atoms with Crippen molar-refractivity contribution in [1.29, 1.82) is 0 Å². The molecule has 0 saturated carbocycles. The standard InChI is InChI=1S/C17H27N5OS/c1-14-11-15(2)22(19-14)6-4-5-20(3)13-16-12-18-17(24-16)21-7-9-23-10-8-21/h11-12H,4-10,13H2,1-3H3. The predicted octanol–water partition coefficient (Wildman–Crippen LogP) is 2.32. The highest BCUT2D eigenvalue weighted by molar-refractivity contribution is 7.15. The van der Waals surface area contributed by atoms with Crippen LogP contribution in [0.25, 0.3) is 0 Å². The molecule has 1 aliphatic heterocycles. The molecule has 1 fully saturated rings. The minimum Gasteiger partial charge on any atom is -0.378 e. The van der Waals surface area contributed by atoms with Gasteiger partial charge in [0.25, 0.3) is 0 Å². The van der Waals surface area contributed by atoms with Gasteiger partial charge in [0.2, 0.25) is 0 Å². The van der Waals surface area contributed by atoms with Crippen molar-refractivity contribution in [3.8, 4) is 0 Å². The van der Waals surface area contributed by atoms with Crippen LogP contribution in [-0.2, 0) is 17.8 Å². The summed E-state index contributed by atoms with van der Waals surface area (Å²) >= 11 is 1.80. The maximum absolute atomic E-state index is 5.40. The number of aryl methyl sites for hydroxylation is 3. The van der Waals surface area contributed by atoms with Gasteiger partial charge in [-0.1, -0.05) is 0 Å². The average Bonchev–Trinajstić information content (AvgIpc) is 3.15. The molecule has 0 spiro atoms. The molecule has 3 rings (SSSR count). The summed E-state index contributed by atoms with van der Waals surface area (Å²) in [6.07, 6.45) is 3.13. The third-order valence-electron chi connectivity index (χ3n) is 4.26. The monoisotopic (exact) mass is 349 g/mol. The van der Waals surface area contributed by atoms with Gasteiger partial charge in [-0.3, -0.25) is 4.68 Å². The fourth-order valence-electron chi connectivity index (χ4n) is 3.01. The summed E-state index contributed by atoms with van der Waals surface area (Å²) in [4.78, 5) is 10.6. The Bertz CT molecular complexity index is 647. The summed E-state index contributed by atoms with van der Waals surface area (Å²) in [6.45, 7) is 10.7. The Labute approximate surface area is 148 Å². The van der Waals surface area contributed by atoms with E-state index in [9.17, 15) is 0 Å². The number of rotatable bonds is 7. The number of morpholine rings is 1. The molecule has 2 aromatic rings. The van der Waals surface area contributed by atoms with Gasteiger partial charge in [0.15, 0.2) is 5.13 Å². The van der Waals surface area contributed by atoms with Crippen molar-refractivity contribution in [2.75, 3.05) is 44.8 Å². The van der Waals surface area contributed by atoms with E-state index in [-0.39, 0.29) is 0 Å². The van der Waals surface area contributed by atoms with Crippen molar-refractivity contribution in [1.82, 2.24) is 19.7 Å². The Morgan fingerprint density at radius 3 is 2.79 bits per heavy atom. The lowest BCUT2D eigenvalue weighted by molar-refractivity contribution is 0.122. The van der Waals surface area contributed by atoms with Gasteiger partial charge in [0.1, 0.15) is 0 Å². The molecule has 0 aromatic carbocycles. The van der Waals surface area contributed by atoms with Crippen LogP contribution < -0.4 is 4.90 Å². The molecule has 0 atom stereocenters. The van der Waals surface area contributed by atoms with Crippen molar-refractivity contribution in [2.24, 2.45) is 0 Å². The summed E-state index contributed by atoms with van der Waals surface area (Å²) in [5, 5.41) is 5.65. The number of aromatic nitrogens is 3. The van der Waals surface area contributed by atoms with E-state index in [2.05, 4.69) is 44.6 Å². The average molecular weight is 350 g/mol. The first kappa shape index (κ1) is 17.4. The third kappa shape index (κ3) is 4.55. The van der Waals surface area contributed by atoms with Gasteiger partial charge < -0.3 is 14.5 Å². The lowest BCUT2D eigenvalue weighted by Gasteiger charge is -2.26. The zero-order chi connectivity index (χ0) is 16.9. The second-order valence-electron chi connectivity index (χ2n) is 6.45. The number of nitrogens with zero attached hydrogens (tertiary/aromatic N) is 5. The summed E-state index contributed by atoms with van der Waals surface area (Å²) < 4.78 is 7.51. The van der Waals surface area contributed by atoms with E-state index in [1.165, 1.54) is 10.6 Å². The Kier molecular flexibility index (Phi) is 5.86. The highest BCUT2D eigenvalue weighted by atomic mass is 32.1. The van der Waals surface area contributed by atoms with Crippen molar-refractivity contribution >= 4 is 16.5 Å². The maximum atomic E-state index is 5.40. The Morgan fingerprint density at radius 1 is 1.29 bits per heavy atom. The van der Waals surface area contributed by atoms with Crippen molar-refractivity contribution in [3.63, 3.8) is 0 Å². The lowest BCUT2D eigenvalue weighted by atomic mass is 10.3. The van der Waals surface area contributed by atoms with Crippen molar-refractivity contribution in [3.05, 3.63) is 28.5 Å². The molecular formula is C17H27N5OS. The molecular weight excluding hydrogens is 322 g/mol. The summed E-state index contributed by atoms with van der Waals surface area (Å²) in [7, 11) is 2.18. The van der Waals surface area contributed by atoms with Gasteiger partial charge in [-0.25, -0.2) is 4.98 Å². The molecule has 1 saturated heterocycles. The second-order valence-corrected chi connectivity index (χ2v) is 7.54. The Balaban J connectivity index is 1.44. The van der Waals surface area contributed by atoms with Gasteiger partial charge in [-0.2, -0.15) is 5.10 Å². The second kappa shape index (κ2) is 8.09. The van der Waals surface area contributed by atoms with E-state index in [1.807, 2.05) is 13.1 Å². The van der Waals surface area contributed by atoms with Crippen molar-refractivity contribution in [2.45, 2.75) is 33.4 Å². The molecule has 7 heteroatoms. The van der Waals surface area contributed by atoms with E-state index in [0.717, 1.165) is 63.2 Å². The highest BCUT2D eigenvalue weighted by Crippen LogP contribution is 2.24. The molecule has 0 unspecified atom stereocenters. The fraction of sp³-hybridized carbons (Fsp3) is 0.647. The van der Waals surface area contributed by atoms with Crippen LogP contribution in [0.1, 0.15) is 22.7 Å². The van der Waals surface area contributed by atoms with E-state index in [0.29, 0.717) is 0 Å². The minimum atomic E-state index is 0.807. The number of ether oxygens (including phenoxy) is 1. The summed E-state index contributed by atoms with van der Waals surface area (Å²) in [5.41, 5.74) is 2.34. The van der Waals surface area contributed by atoms with Crippen LogP contribution in [0.15, 0.2) is 12.3 Å². The molecule has 2 aromatic heterocycles. The number of hydrogen-bond acceptors (Lipinski definition) is 6. The van der Waals surface area contributed by atoms with Gasteiger partial charge in [-0.05, 0) is 39.9 Å². The van der Waals surface area contributed by atoms with Crippen LogP contribution in [0, 0.1) is 13.8 Å². The first-order chi connectivity index (χ1) is 11.6. The van der Waals surface area contributed by atoms with E-state index < -0.39 is 0 Å². The first-order valence-corrected chi connectivity index (χ1v) is 9.40. The topological polar surface area (TPSA) is 46.4 Å². The van der Waals surface area contributed by atoms with Crippen LogP contribution in [0.5, 0.6) is 0 Å². The molecule has 3 heterocycles. The quantitative estimate of drug-likeness (QED) is 0.768. The highest BCUT2D eigenvalue weighted by Gasteiger charge is 2.15. The third-order valence-corrected chi connectivity index (χ3v) is 5.30. The van der Waals surface area contributed by atoms with Crippen LogP contribution in [-0.4, -0.2) is 59.6 Å². The number of anilines is 1. The summed E-state index contributed by atoms with van der Waals surface area (Å²) in [6, 6.07) is 2.13. The molecule has 6 nitrogen and oxygen atoms in total. The largest absolute Gasteiger partial charge is 0.378 e. The molecule has 1 aliphatic rings. The van der Waals surface area contributed by atoms with Gasteiger partial charge >= 0.3 is 0 Å². The zero-order valence-corrected chi connectivity index (χ0v) is 15.7. The zero-order valence-electron chi connectivity index (χ0n) is 14.9. The normalized spacial score (nSPS) is 15.4. The van der Waals surface area contributed by atoms with Crippen molar-refractivity contribution < 1.29 is 4.74 Å². The molecule has 0 N–H and O–H groups in total. The van der Waals surface area contributed by atoms with Crippen LogP contribution in [0.4, 0.5) is 5.13 Å². The van der Waals surface area contributed by atoms with E-state index in [1.54, 1.807) is 11.3 Å². The number of hydrogen-bond donors (Lipinski definition) is 0. The van der Waals surface area contributed by atoms with Gasteiger partial charge in [0.05, 0.1) is 18.9 Å². The van der Waals surface area contributed by atoms with Gasteiger partial charge in [0, 0.05) is 42.9 Å². The molecule has 0 aliphatic carbocycles. The van der Waals surface area contributed by atoms with E-state index in [4.69, 9.17) is 4.74 Å². The molecule has 0 bridgehead atoms. The predicted molar refractivity (Wildman–Crippen MR) is 97.8 cm³/mol.